The number of hydrogen-bond acceptors (Lipinski definition) is 2. The van der Waals surface area contributed by atoms with Gasteiger partial charge in [-0.2, -0.15) is 11.8 Å². The lowest BCUT2D eigenvalue weighted by molar-refractivity contribution is -0.144. The first-order valence-electron chi connectivity index (χ1n) is 5.26. The molecule has 4 heteroatoms. The maximum Gasteiger partial charge on any atom is 0.307 e. The van der Waals surface area contributed by atoms with Crippen LogP contribution in [0.15, 0.2) is 24.3 Å². The quantitative estimate of drug-likeness (QED) is 0.897. The molecule has 1 fully saturated rings. The predicted molar refractivity (Wildman–Crippen MR) is 66.9 cm³/mol. The molecule has 16 heavy (non-hydrogen) atoms. The third-order valence-electron chi connectivity index (χ3n) is 2.94. The van der Waals surface area contributed by atoms with Crippen LogP contribution < -0.4 is 0 Å². The molecule has 2 unspecified atom stereocenters. The molecular weight excluding hydrogens is 244 g/mol. The molecule has 1 aromatic rings. The average Bonchev–Trinajstić information content (AvgIpc) is 2.18. The van der Waals surface area contributed by atoms with E-state index in [2.05, 4.69) is 0 Å². The number of carbonyl (C=O) groups is 1. The number of aliphatic carboxylic acids is 1. The summed E-state index contributed by atoms with van der Waals surface area (Å²) in [6, 6.07) is 7.72. The molecule has 2 rings (SSSR count). The van der Waals surface area contributed by atoms with Crippen LogP contribution in [0, 0.1) is 5.92 Å². The van der Waals surface area contributed by atoms with Crippen LogP contribution in [-0.2, 0) is 10.5 Å². The van der Waals surface area contributed by atoms with Gasteiger partial charge in [0.1, 0.15) is 0 Å². The Hall–Kier alpha value is -0.670. The minimum Gasteiger partial charge on any atom is -0.481 e. The zero-order chi connectivity index (χ0) is 11.5. The molecule has 0 radical (unpaired) electrons. The van der Waals surface area contributed by atoms with Crippen molar-refractivity contribution in [3.63, 3.8) is 0 Å². The second-order valence-corrected chi connectivity index (χ2v) is 5.60. The number of halogens is 1. The van der Waals surface area contributed by atoms with E-state index in [1.165, 1.54) is 0 Å². The summed E-state index contributed by atoms with van der Waals surface area (Å²) in [5, 5.41) is 9.94. The first-order valence-corrected chi connectivity index (χ1v) is 6.69. The van der Waals surface area contributed by atoms with Gasteiger partial charge in [0.15, 0.2) is 0 Å². The number of hydrogen-bond donors (Lipinski definition) is 1. The third kappa shape index (κ3) is 2.53. The largest absolute Gasteiger partial charge is 0.481 e. The van der Waals surface area contributed by atoms with E-state index < -0.39 is 5.97 Å². The van der Waals surface area contributed by atoms with Gasteiger partial charge in [0.05, 0.1) is 5.92 Å². The Labute approximate surface area is 104 Å². The van der Waals surface area contributed by atoms with Gasteiger partial charge in [0.25, 0.3) is 0 Å². The van der Waals surface area contributed by atoms with Crippen LogP contribution >= 0.6 is 23.4 Å². The summed E-state index contributed by atoms with van der Waals surface area (Å²) in [5.41, 5.74) is 1.09. The highest BCUT2D eigenvalue weighted by molar-refractivity contribution is 7.99. The van der Waals surface area contributed by atoms with Gasteiger partial charge < -0.3 is 5.11 Å². The van der Waals surface area contributed by atoms with Crippen LogP contribution in [0.4, 0.5) is 0 Å². The minimum atomic E-state index is -0.664. The van der Waals surface area contributed by atoms with Crippen molar-refractivity contribution in [2.75, 3.05) is 0 Å². The molecule has 0 aliphatic heterocycles. The van der Waals surface area contributed by atoms with Crippen LogP contribution in [-0.4, -0.2) is 16.3 Å². The summed E-state index contributed by atoms with van der Waals surface area (Å²) >= 11 is 7.74. The van der Waals surface area contributed by atoms with Gasteiger partial charge >= 0.3 is 5.97 Å². The lowest BCUT2D eigenvalue weighted by atomic mass is 9.85. The van der Waals surface area contributed by atoms with Gasteiger partial charge in [0.2, 0.25) is 0 Å². The summed E-state index contributed by atoms with van der Waals surface area (Å²) in [6.45, 7) is 0. The van der Waals surface area contributed by atoms with Crippen LogP contribution in [0.5, 0.6) is 0 Å². The molecule has 0 heterocycles. The topological polar surface area (TPSA) is 37.3 Å². The fourth-order valence-electron chi connectivity index (χ4n) is 1.76. The Morgan fingerprint density at radius 1 is 1.44 bits per heavy atom. The van der Waals surface area contributed by atoms with E-state index in [1.54, 1.807) is 11.8 Å². The lowest BCUT2D eigenvalue weighted by Gasteiger charge is -2.32. The average molecular weight is 257 g/mol. The Balaban J connectivity index is 1.89. The molecule has 1 saturated carbocycles. The van der Waals surface area contributed by atoms with Crippen LogP contribution in [0.3, 0.4) is 0 Å². The minimum absolute atomic E-state index is 0.160. The van der Waals surface area contributed by atoms with E-state index in [-0.39, 0.29) is 11.2 Å². The van der Waals surface area contributed by atoms with Crippen molar-refractivity contribution in [1.82, 2.24) is 0 Å². The zero-order valence-electron chi connectivity index (χ0n) is 8.73. The van der Waals surface area contributed by atoms with Crippen LogP contribution in [0.1, 0.15) is 18.4 Å². The number of benzene rings is 1. The molecule has 0 aromatic heterocycles. The summed E-state index contributed by atoms with van der Waals surface area (Å²) in [4.78, 5) is 10.8. The van der Waals surface area contributed by atoms with Crippen LogP contribution in [0.25, 0.3) is 0 Å². The van der Waals surface area contributed by atoms with Gasteiger partial charge in [-0.25, -0.2) is 0 Å². The number of rotatable bonds is 4. The first kappa shape index (κ1) is 11.8. The van der Waals surface area contributed by atoms with Gasteiger partial charge in [-0.15, -0.1) is 0 Å². The molecule has 2 nitrogen and oxygen atoms in total. The molecule has 2 atom stereocenters. The predicted octanol–water partition coefficient (Wildman–Crippen LogP) is 3.44. The van der Waals surface area contributed by atoms with Gasteiger partial charge in [0, 0.05) is 16.0 Å². The maximum absolute atomic E-state index is 10.8. The van der Waals surface area contributed by atoms with E-state index in [9.17, 15) is 4.79 Å². The molecule has 0 bridgehead atoms. The highest BCUT2D eigenvalue weighted by Crippen LogP contribution is 2.39. The third-order valence-corrected chi connectivity index (χ3v) is 4.78. The highest BCUT2D eigenvalue weighted by Gasteiger charge is 2.36. The molecule has 0 saturated heterocycles. The second-order valence-electron chi connectivity index (χ2n) is 3.96. The van der Waals surface area contributed by atoms with Crippen molar-refractivity contribution < 1.29 is 9.90 Å². The van der Waals surface area contributed by atoms with E-state index >= 15 is 0 Å². The summed E-state index contributed by atoms with van der Waals surface area (Å²) in [6.07, 6.45) is 1.82. The maximum atomic E-state index is 10.8. The summed E-state index contributed by atoms with van der Waals surface area (Å²) in [5.74, 6) is -0.0240. The zero-order valence-corrected chi connectivity index (χ0v) is 10.3. The SMILES string of the molecule is O=C(O)C1CCC1SCc1ccccc1Cl. The Morgan fingerprint density at radius 3 is 2.75 bits per heavy atom. The first-order chi connectivity index (χ1) is 7.68. The second kappa shape index (κ2) is 5.11. The van der Waals surface area contributed by atoms with E-state index in [4.69, 9.17) is 16.7 Å². The van der Waals surface area contributed by atoms with E-state index in [0.717, 1.165) is 29.2 Å². The normalized spacial score (nSPS) is 23.8. The van der Waals surface area contributed by atoms with Gasteiger partial charge in [-0.3, -0.25) is 4.79 Å². The molecule has 1 N–H and O–H groups in total. The molecule has 86 valence electrons. The molecule has 1 aromatic carbocycles. The van der Waals surface area contributed by atoms with Crippen molar-refractivity contribution in [3.05, 3.63) is 34.9 Å². The Morgan fingerprint density at radius 2 is 2.19 bits per heavy atom. The fraction of sp³-hybridized carbons (Fsp3) is 0.417. The van der Waals surface area contributed by atoms with Gasteiger partial charge in [-0.05, 0) is 24.5 Å². The number of thioether (sulfide) groups is 1. The Bertz CT molecular complexity index is 394. The summed E-state index contributed by atoms with van der Waals surface area (Å²) < 4.78 is 0. The molecular formula is C12H13ClO2S. The van der Waals surface area contributed by atoms with Crippen molar-refractivity contribution in [2.45, 2.75) is 23.8 Å². The van der Waals surface area contributed by atoms with Crippen molar-refractivity contribution in [3.8, 4) is 0 Å². The van der Waals surface area contributed by atoms with E-state index in [0.29, 0.717) is 0 Å². The van der Waals surface area contributed by atoms with Crippen LogP contribution in [0.2, 0.25) is 5.02 Å². The highest BCUT2D eigenvalue weighted by atomic mass is 35.5. The monoisotopic (exact) mass is 256 g/mol. The van der Waals surface area contributed by atoms with Gasteiger partial charge in [-0.1, -0.05) is 29.8 Å². The van der Waals surface area contributed by atoms with E-state index in [1.807, 2.05) is 24.3 Å². The Kier molecular flexibility index (Phi) is 3.77. The molecule has 1 aliphatic carbocycles. The van der Waals surface area contributed by atoms with Crippen molar-refractivity contribution in [2.24, 2.45) is 5.92 Å². The number of carboxylic acids is 1. The standard InChI is InChI=1S/C12H13ClO2S/c13-10-4-2-1-3-8(10)7-16-11-6-5-9(11)12(14)15/h1-4,9,11H,5-7H2,(H,14,15). The number of carboxylic acid groups (broad SMARTS) is 1. The smallest absolute Gasteiger partial charge is 0.307 e. The lowest BCUT2D eigenvalue weighted by Crippen LogP contribution is -2.35. The van der Waals surface area contributed by atoms with Crippen molar-refractivity contribution in [1.29, 1.82) is 0 Å². The summed E-state index contributed by atoms with van der Waals surface area (Å²) in [7, 11) is 0. The molecule has 0 amide bonds. The van der Waals surface area contributed by atoms with Crippen molar-refractivity contribution >= 4 is 29.3 Å². The molecule has 1 aliphatic rings. The molecule has 0 spiro atoms. The fourth-order valence-corrected chi connectivity index (χ4v) is 3.48.